The van der Waals surface area contributed by atoms with Crippen LogP contribution in [0.2, 0.25) is 0 Å². The van der Waals surface area contributed by atoms with Gasteiger partial charge in [0.05, 0.1) is 18.6 Å². The van der Waals surface area contributed by atoms with Gasteiger partial charge in [0, 0.05) is 37.6 Å². The van der Waals surface area contributed by atoms with Crippen molar-refractivity contribution >= 4 is 39.0 Å². The third-order valence-electron chi connectivity index (χ3n) is 4.56. The van der Waals surface area contributed by atoms with Gasteiger partial charge in [0.15, 0.2) is 5.78 Å². The number of aryl methyl sites for hydroxylation is 1. The fourth-order valence-corrected chi connectivity index (χ4v) is 5.49. The zero-order valence-electron chi connectivity index (χ0n) is 14.0. The first-order valence-corrected chi connectivity index (χ1v) is 9.69. The summed E-state index contributed by atoms with van der Waals surface area (Å²) in [6.07, 6.45) is 3.15. The first-order chi connectivity index (χ1) is 11.5. The Hall–Kier alpha value is -1.40. The maximum atomic E-state index is 12.7. The molecule has 2 aliphatic rings. The third kappa shape index (κ3) is 2.86. The molecule has 0 bridgehead atoms. The highest BCUT2D eigenvalue weighted by atomic mass is 79.9. The molecule has 1 atom stereocenters. The highest BCUT2D eigenvalue weighted by Gasteiger charge is 2.39. The monoisotopic (exact) mass is 409 g/mol. The summed E-state index contributed by atoms with van der Waals surface area (Å²) in [5.74, 6) is -0.578. The number of esters is 1. The lowest BCUT2D eigenvalue weighted by molar-refractivity contribution is -0.136. The van der Waals surface area contributed by atoms with Crippen LogP contribution in [0.1, 0.15) is 48.8 Å². The van der Waals surface area contributed by atoms with Gasteiger partial charge in [0.25, 0.3) is 0 Å². The van der Waals surface area contributed by atoms with Crippen LogP contribution in [0.15, 0.2) is 33.1 Å². The number of dihydropyridines is 1. The first kappa shape index (κ1) is 17.4. The van der Waals surface area contributed by atoms with Gasteiger partial charge in [0.1, 0.15) is 0 Å². The van der Waals surface area contributed by atoms with E-state index in [9.17, 15) is 9.59 Å². The molecule has 6 heteroatoms. The summed E-state index contributed by atoms with van der Waals surface area (Å²) >= 11 is 5.25. The fraction of sp³-hybridized carbons (Fsp3) is 0.444. The second-order valence-corrected chi connectivity index (χ2v) is 8.05. The second kappa shape index (κ2) is 6.84. The number of nitrogens with one attached hydrogen (secondary N) is 1. The van der Waals surface area contributed by atoms with Gasteiger partial charge in [-0.15, -0.1) is 11.3 Å². The Bertz CT molecular complexity index is 775. The van der Waals surface area contributed by atoms with Crippen LogP contribution in [0.4, 0.5) is 0 Å². The molecule has 1 aliphatic carbocycles. The molecule has 24 heavy (non-hydrogen) atoms. The molecule has 2 heterocycles. The normalized spacial score (nSPS) is 20.8. The maximum absolute atomic E-state index is 12.7. The average molecular weight is 410 g/mol. The summed E-state index contributed by atoms with van der Waals surface area (Å²) in [6.45, 7) is 3.98. The summed E-state index contributed by atoms with van der Waals surface area (Å²) in [4.78, 5) is 27.3. The van der Waals surface area contributed by atoms with E-state index in [0.717, 1.165) is 45.6 Å². The van der Waals surface area contributed by atoms with Crippen LogP contribution in [0.25, 0.3) is 0 Å². The van der Waals surface area contributed by atoms with Crippen LogP contribution in [0.5, 0.6) is 0 Å². The molecule has 128 valence electrons. The minimum absolute atomic E-state index is 0.130. The van der Waals surface area contributed by atoms with Crippen molar-refractivity contribution in [1.29, 1.82) is 0 Å². The van der Waals surface area contributed by atoms with Crippen molar-refractivity contribution in [3.05, 3.63) is 42.8 Å². The molecule has 0 saturated heterocycles. The largest absolute Gasteiger partial charge is 0.466 e. The number of ether oxygens (including phenoxy) is 1. The van der Waals surface area contributed by atoms with E-state index in [4.69, 9.17) is 4.74 Å². The predicted molar refractivity (Wildman–Crippen MR) is 97.9 cm³/mol. The molecule has 1 aliphatic heterocycles. The van der Waals surface area contributed by atoms with Crippen molar-refractivity contribution in [3.63, 3.8) is 0 Å². The van der Waals surface area contributed by atoms with E-state index >= 15 is 0 Å². The van der Waals surface area contributed by atoms with E-state index in [1.54, 1.807) is 11.3 Å². The zero-order valence-corrected chi connectivity index (χ0v) is 16.4. The van der Waals surface area contributed by atoms with E-state index in [0.29, 0.717) is 12.0 Å². The molecule has 1 aromatic heterocycles. The van der Waals surface area contributed by atoms with E-state index < -0.39 is 0 Å². The second-order valence-electron chi connectivity index (χ2n) is 6.03. The minimum Gasteiger partial charge on any atom is -0.466 e. The van der Waals surface area contributed by atoms with E-state index in [1.807, 2.05) is 13.0 Å². The molecule has 0 fully saturated rings. The molecule has 0 aromatic carbocycles. The number of Topliss-reactive ketones (excluding diaryl/α,β-unsaturated/α-hetero) is 1. The lowest BCUT2D eigenvalue weighted by Gasteiger charge is -2.33. The molecular formula is C18H20BrNO3S. The molecule has 0 radical (unpaired) electrons. The number of hydrogen-bond donors (Lipinski definition) is 1. The van der Waals surface area contributed by atoms with Gasteiger partial charge in [-0.3, -0.25) is 4.79 Å². The van der Waals surface area contributed by atoms with Crippen molar-refractivity contribution < 1.29 is 14.3 Å². The Labute approximate surface area is 154 Å². The molecular weight excluding hydrogens is 390 g/mol. The van der Waals surface area contributed by atoms with Crippen LogP contribution < -0.4 is 5.32 Å². The SMILES string of the molecule is CCc1sc(C2C(C(=O)OC)=C(C)NC3=C2C(=O)CCC3)cc1Br. The van der Waals surface area contributed by atoms with Gasteiger partial charge in [-0.05, 0) is 48.2 Å². The standard InChI is InChI=1S/C18H20BrNO3S/c1-4-13-10(19)8-14(24-13)17-15(18(22)23-3)9(2)20-11-6-5-7-12(21)16(11)17/h8,17,20H,4-7H2,1-3H3. The van der Waals surface area contributed by atoms with Crippen molar-refractivity contribution in [2.75, 3.05) is 7.11 Å². The zero-order chi connectivity index (χ0) is 17.4. The smallest absolute Gasteiger partial charge is 0.336 e. The van der Waals surface area contributed by atoms with Gasteiger partial charge in [-0.25, -0.2) is 4.79 Å². The van der Waals surface area contributed by atoms with Crippen LogP contribution in [0, 0.1) is 0 Å². The number of hydrogen-bond acceptors (Lipinski definition) is 5. The van der Waals surface area contributed by atoms with Gasteiger partial charge in [-0.1, -0.05) is 6.92 Å². The Morgan fingerprint density at radius 2 is 2.21 bits per heavy atom. The molecule has 1 aromatic rings. The molecule has 0 amide bonds. The lowest BCUT2D eigenvalue weighted by Crippen LogP contribution is -2.33. The van der Waals surface area contributed by atoms with Crippen LogP contribution in [0.3, 0.4) is 0 Å². The van der Waals surface area contributed by atoms with Crippen molar-refractivity contribution in [2.45, 2.75) is 45.4 Å². The summed E-state index contributed by atoms with van der Waals surface area (Å²) in [7, 11) is 1.38. The highest BCUT2D eigenvalue weighted by molar-refractivity contribution is 9.10. The number of methoxy groups -OCH3 is 1. The van der Waals surface area contributed by atoms with Gasteiger partial charge >= 0.3 is 5.97 Å². The van der Waals surface area contributed by atoms with E-state index in [1.165, 1.54) is 12.0 Å². The first-order valence-electron chi connectivity index (χ1n) is 8.08. The summed E-state index contributed by atoms with van der Waals surface area (Å²) in [5, 5.41) is 3.28. The van der Waals surface area contributed by atoms with Crippen molar-refractivity contribution in [3.8, 4) is 0 Å². The van der Waals surface area contributed by atoms with Gasteiger partial charge in [-0.2, -0.15) is 0 Å². The summed E-state index contributed by atoms with van der Waals surface area (Å²) in [5.41, 5.74) is 3.03. The van der Waals surface area contributed by atoms with Crippen molar-refractivity contribution in [2.24, 2.45) is 0 Å². The Morgan fingerprint density at radius 3 is 2.83 bits per heavy atom. The molecule has 4 nitrogen and oxygen atoms in total. The molecule has 3 rings (SSSR count). The van der Waals surface area contributed by atoms with Crippen LogP contribution in [-0.2, 0) is 20.7 Å². The van der Waals surface area contributed by atoms with Gasteiger partial charge < -0.3 is 10.1 Å². The quantitative estimate of drug-likeness (QED) is 0.759. The number of allylic oxidation sites excluding steroid dienone is 3. The lowest BCUT2D eigenvalue weighted by atomic mass is 9.78. The maximum Gasteiger partial charge on any atom is 0.336 e. The minimum atomic E-state index is -0.377. The molecule has 0 saturated carbocycles. The molecule has 0 spiro atoms. The van der Waals surface area contributed by atoms with Crippen LogP contribution >= 0.6 is 27.3 Å². The Morgan fingerprint density at radius 1 is 1.46 bits per heavy atom. The topological polar surface area (TPSA) is 55.4 Å². The predicted octanol–water partition coefficient (Wildman–Crippen LogP) is 4.21. The number of halogens is 1. The number of rotatable bonds is 3. The summed E-state index contributed by atoms with van der Waals surface area (Å²) < 4.78 is 6.05. The number of carbonyl (C=O) groups is 2. The van der Waals surface area contributed by atoms with Crippen LogP contribution in [-0.4, -0.2) is 18.9 Å². The number of thiophene rings is 1. The molecule has 1 N–H and O–H groups in total. The highest BCUT2D eigenvalue weighted by Crippen LogP contribution is 2.46. The molecule has 1 unspecified atom stereocenters. The Balaban J connectivity index is 2.19. The van der Waals surface area contributed by atoms with E-state index in [2.05, 4.69) is 28.2 Å². The third-order valence-corrected chi connectivity index (χ3v) is 6.88. The fourth-order valence-electron chi connectivity index (χ4n) is 3.46. The van der Waals surface area contributed by atoms with E-state index in [-0.39, 0.29) is 17.7 Å². The number of carbonyl (C=O) groups excluding carboxylic acids is 2. The average Bonchev–Trinajstić information content (AvgIpc) is 2.93. The summed E-state index contributed by atoms with van der Waals surface area (Å²) in [6, 6.07) is 2.04. The Kier molecular flexibility index (Phi) is 4.97. The number of ketones is 1. The van der Waals surface area contributed by atoms with Crippen molar-refractivity contribution in [1.82, 2.24) is 5.32 Å². The van der Waals surface area contributed by atoms with Gasteiger partial charge in [0.2, 0.25) is 0 Å².